The Morgan fingerprint density at radius 2 is 2.14 bits per heavy atom. The van der Waals surface area contributed by atoms with Crippen molar-refractivity contribution in [2.45, 2.75) is 31.2 Å². The third kappa shape index (κ3) is 3.42. The first-order valence-corrected chi connectivity index (χ1v) is 8.33. The number of hydrogen-bond acceptors (Lipinski definition) is 4. The van der Waals surface area contributed by atoms with E-state index in [1.54, 1.807) is 26.1 Å². The molecule has 1 fully saturated rings. The Balaban J connectivity index is 2.36. The van der Waals surface area contributed by atoms with E-state index in [0.29, 0.717) is 17.8 Å². The van der Waals surface area contributed by atoms with Crippen molar-refractivity contribution >= 4 is 21.6 Å². The van der Waals surface area contributed by atoms with E-state index in [1.807, 2.05) is 0 Å². The first-order valence-electron chi connectivity index (χ1n) is 6.89. The number of likely N-dealkylation sites (N-methyl/N-ethyl adjacent to an activating group) is 1. The zero-order valence-corrected chi connectivity index (χ0v) is 13.3. The molecule has 0 aromatic heterocycles. The summed E-state index contributed by atoms with van der Waals surface area (Å²) >= 11 is 0. The van der Waals surface area contributed by atoms with Crippen molar-refractivity contribution < 1.29 is 13.2 Å². The van der Waals surface area contributed by atoms with Gasteiger partial charge in [0.25, 0.3) is 0 Å². The Labute approximate surface area is 125 Å². The largest absolute Gasteiger partial charge is 0.326 e. The van der Waals surface area contributed by atoms with Crippen molar-refractivity contribution in [1.82, 2.24) is 9.62 Å². The molecule has 1 aliphatic heterocycles. The number of amides is 1. The van der Waals surface area contributed by atoms with Crippen molar-refractivity contribution in [3.63, 3.8) is 0 Å². The molecule has 1 aliphatic rings. The second-order valence-corrected chi connectivity index (χ2v) is 7.30. The number of nitrogens with zero attached hydrogens (tertiary/aromatic N) is 1. The lowest BCUT2D eigenvalue weighted by Crippen LogP contribution is -2.38. The number of benzene rings is 1. The van der Waals surface area contributed by atoms with Crippen LogP contribution in [0.25, 0.3) is 0 Å². The molecule has 0 spiro atoms. The second kappa shape index (κ2) is 6.13. The number of anilines is 1. The number of nitrogens with one attached hydrogen (secondary N) is 2. The number of sulfonamides is 1. The number of hydrogen-bond donors (Lipinski definition) is 2. The van der Waals surface area contributed by atoms with Gasteiger partial charge in [0.05, 0.1) is 4.90 Å². The summed E-state index contributed by atoms with van der Waals surface area (Å²) in [6, 6.07) is 4.90. The van der Waals surface area contributed by atoms with Crippen LogP contribution in [-0.2, 0) is 14.8 Å². The first kappa shape index (κ1) is 15.9. The van der Waals surface area contributed by atoms with Crippen LogP contribution in [0.4, 0.5) is 5.69 Å². The van der Waals surface area contributed by atoms with Gasteiger partial charge in [-0.05, 0) is 37.6 Å². The summed E-state index contributed by atoms with van der Waals surface area (Å²) in [6.07, 6.45) is 0.806. The van der Waals surface area contributed by atoms with Crippen LogP contribution in [0.5, 0.6) is 0 Å². The fraction of sp³-hybridized carbons (Fsp3) is 0.500. The molecule has 2 N–H and O–H groups in total. The highest BCUT2D eigenvalue weighted by Gasteiger charge is 2.31. The number of carbonyl (C=O) groups excluding carboxylic acids is 1. The third-order valence-corrected chi connectivity index (χ3v) is 5.77. The number of rotatable bonds is 4. The predicted octanol–water partition coefficient (Wildman–Crippen LogP) is 0.936. The van der Waals surface area contributed by atoms with Crippen LogP contribution in [0.3, 0.4) is 0 Å². The van der Waals surface area contributed by atoms with Crippen LogP contribution in [-0.4, -0.2) is 44.8 Å². The average molecular weight is 311 g/mol. The summed E-state index contributed by atoms with van der Waals surface area (Å²) in [5.74, 6) is -0.226. The zero-order chi connectivity index (χ0) is 15.6. The maximum Gasteiger partial charge on any atom is 0.243 e. The van der Waals surface area contributed by atoms with E-state index in [4.69, 9.17) is 0 Å². The van der Waals surface area contributed by atoms with E-state index >= 15 is 0 Å². The van der Waals surface area contributed by atoms with Crippen molar-refractivity contribution in [3.05, 3.63) is 23.8 Å². The normalized spacial score (nSPS) is 19.0. The molecule has 1 heterocycles. The summed E-state index contributed by atoms with van der Waals surface area (Å²) < 4.78 is 27.0. The maximum atomic E-state index is 12.8. The van der Waals surface area contributed by atoms with E-state index < -0.39 is 10.0 Å². The fourth-order valence-electron chi connectivity index (χ4n) is 2.46. The van der Waals surface area contributed by atoms with E-state index in [9.17, 15) is 13.2 Å². The SMILES string of the molecule is CC(=O)Nc1ccc(C)c(S(=O)(=O)N(C)C2CCNC2)c1. The van der Waals surface area contributed by atoms with Crippen LogP contribution in [0.15, 0.2) is 23.1 Å². The average Bonchev–Trinajstić information content (AvgIpc) is 2.93. The topological polar surface area (TPSA) is 78.5 Å². The second-order valence-electron chi connectivity index (χ2n) is 5.33. The lowest BCUT2D eigenvalue weighted by atomic mass is 10.2. The zero-order valence-electron chi connectivity index (χ0n) is 12.5. The molecule has 2 rings (SSSR count). The molecule has 0 radical (unpaired) electrons. The predicted molar refractivity (Wildman–Crippen MR) is 81.7 cm³/mol. The molecule has 1 aromatic carbocycles. The van der Waals surface area contributed by atoms with E-state index in [0.717, 1.165) is 13.0 Å². The molecular weight excluding hydrogens is 290 g/mol. The standard InChI is InChI=1S/C14H21N3O3S/c1-10-4-5-12(16-11(2)18)8-14(10)21(19,20)17(3)13-6-7-15-9-13/h4-5,8,13,15H,6-7,9H2,1-3H3,(H,16,18). The molecule has 1 atom stereocenters. The number of aryl methyl sites for hydroxylation is 1. The van der Waals surface area contributed by atoms with Crippen LogP contribution in [0.2, 0.25) is 0 Å². The van der Waals surface area contributed by atoms with Crippen LogP contribution in [0.1, 0.15) is 18.9 Å². The Kier molecular flexibility index (Phi) is 4.65. The lowest BCUT2D eigenvalue weighted by Gasteiger charge is -2.24. The van der Waals surface area contributed by atoms with Gasteiger partial charge in [0.1, 0.15) is 0 Å². The molecule has 0 saturated carbocycles. The van der Waals surface area contributed by atoms with Gasteiger partial charge in [0, 0.05) is 32.2 Å². The first-order chi connectivity index (χ1) is 9.82. The monoisotopic (exact) mass is 311 g/mol. The van der Waals surface area contributed by atoms with Crippen LogP contribution < -0.4 is 10.6 Å². The molecule has 0 aliphatic carbocycles. The minimum atomic E-state index is -3.57. The molecule has 0 bridgehead atoms. The van der Waals surface area contributed by atoms with Crippen LogP contribution >= 0.6 is 0 Å². The summed E-state index contributed by atoms with van der Waals surface area (Å²) in [5.41, 5.74) is 1.16. The quantitative estimate of drug-likeness (QED) is 0.867. The summed E-state index contributed by atoms with van der Waals surface area (Å²) in [7, 11) is -1.96. The van der Waals surface area contributed by atoms with Gasteiger partial charge >= 0.3 is 0 Å². The summed E-state index contributed by atoms with van der Waals surface area (Å²) in [4.78, 5) is 11.4. The molecule has 1 aromatic rings. The van der Waals surface area contributed by atoms with Gasteiger partial charge in [-0.25, -0.2) is 8.42 Å². The highest BCUT2D eigenvalue weighted by molar-refractivity contribution is 7.89. The smallest absolute Gasteiger partial charge is 0.243 e. The van der Waals surface area contributed by atoms with Crippen LogP contribution in [0, 0.1) is 6.92 Å². The highest BCUT2D eigenvalue weighted by Crippen LogP contribution is 2.25. The van der Waals surface area contributed by atoms with Crippen molar-refractivity contribution in [3.8, 4) is 0 Å². The van der Waals surface area contributed by atoms with Gasteiger partial charge in [0.15, 0.2) is 0 Å². The van der Waals surface area contributed by atoms with Gasteiger partial charge in [0.2, 0.25) is 15.9 Å². The molecule has 1 unspecified atom stereocenters. The van der Waals surface area contributed by atoms with Gasteiger partial charge in [-0.2, -0.15) is 4.31 Å². The molecule has 21 heavy (non-hydrogen) atoms. The Hall–Kier alpha value is -1.44. The fourth-order valence-corrected chi connectivity index (χ4v) is 4.09. The van der Waals surface area contributed by atoms with Gasteiger partial charge in [-0.1, -0.05) is 6.07 Å². The lowest BCUT2D eigenvalue weighted by molar-refractivity contribution is -0.114. The Bertz CT molecular complexity index is 637. The Morgan fingerprint density at radius 3 is 2.71 bits per heavy atom. The molecule has 1 saturated heterocycles. The van der Waals surface area contributed by atoms with Gasteiger partial charge in [-0.3, -0.25) is 4.79 Å². The van der Waals surface area contributed by atoms with Gasteiger partial charge < -0.3 is 10.6 Å². The van der Waals surface area contributed by atoms with E-state index in [2.05, 4.69) is 10.6 Å². The third-order valence-electron chi connectivity index (χ3n) is 3.71. The van der Waals surface area contributed by atoms with Crippen molar-refractivity contribution in [1.29, 1.82) is 0 Å². The van der Waals surface area contributed by atoms with E-state index in [1.165, 1.54) is 17.3 Å². The maximum absolute atomic E-state index is 12.8. The van der Waals surface area contributed by atoms with Gasteiger partial charge in [-0.15, -0.1) is 0 Å². The summed E-state index contributed by atoms with van der Waals surface area (Å²) in [5, 5.41) is 5.78. The summed E-state index contributed by atoms with van der Waals surface area (Å²) in [6.45, 7) is 4.64. The number of carbonyl (C=O) groups is 1. The highest BCUT2D eigenvalue weighted by atomic mass is 32.2. The van der Waals surface area contributed by atoms with Crippen molar-refractivity contribution in [2.24, 2.45) is 0 Å². The Morgan fingerprint density at radius 1 is 1.43 bits per heavy atom. The molecule has 116 valence electrons. The van der Waals surface area contributed by atoms with E-state index in [-0.39, 0.29) is 16.8 Å². The molecule has 6 nitrogen and oxygen atoms in total. The molecule has 7 heteroatoms. The molecular formula is C14H21N3O3S. The minimum Gasteiger partial charge on any atom is -0.326 e. The molecule has 1 amide bonds. The minimum absolute atomic E-state index is 0.0289. The van der Waals surface area contributed by atoms with Crippen molar-refractivity contribution in [2.75, 3.05) is 25.5 Å².